The van der Waals surface area contributed by atoms with Gasteiger partial charge in [-0.3, -0.25) is 9.58 Å². The third-order valence-electron chi connectivity index (χ3n) is 9.74. The minimum Gasteiger partial charge on any atom is -0.487 e. The topological polar surface area (TPSA) is 167 Å². The average Bonchev–Trinajstić information content (AvgIpc) is 3.96. The van der Waals surface area contributed by atoms with Crippen molar-refractivity contribution < 1.29 is 14.2 Å². The Bertz CT molecular complexity index is 1900. The number of nitrogens with one attached hydrogen (secondary N) is 1. The molecule has 1 N–H and O–H groups in total. The number of tetrazole rings is 1. The largest absolute Gasteiger partial charge is 0.487 e. The molecule has 6 heterocycles. The van der Waals surface area contributed by atoms with Crippen molar-refractivity contribution in [2.75, 3.05) is 18.5 Å². The van der Waals surface area contributed by atoms with E-state index in [9.17, 15) is 5.26 Å². The van der Waals surface area contributed by atoms with Crippen LogP contribution in [0.5, 0.6) is 11.6 Å². The van der Waals surface area contributed by atoms with Gasteiger partial charge in [0.2, 0.25) is 5.95 Å². The number of nitriles is 1. The summed E-state index contributed by atoms with van der Waals surface area (Å²) < 4.78 is 21.8. The minimum atomic E-state index is -0.285. The highest BCUT2D eigenvalue weighted by molar-refractivity contribution is 7.09. The first-order valence-electron chi connectivity index (χ1n) is 17.1. The van der Waals surface area contributed by atoms with Gasteiger partial charge in [0.15, 0.2) is 0 Å². The van der Waals surface area contributed by atoms with Gasteiger partial charge in [0, 0.05) is 41.5 Å². The second-order valence-electron chi connectivity index (χ2n) is 13.0. The van der Waals surface area contributed by atoms with E-state index in [0.29, 0.717) is 65.8 Å². The van der Waals surface area contributed by atoms with Gasteiger partial charge in [-0.15, -0.1) is 21.5 Å². The molecule has 16 heteroatoms. The Morgan fingerprint density at radius 1 is 1.04 bits per heavy atom. The van der Waals surface area contributed by atoms with Gasteiger partial charge >= 0.3 is 0 Å². The SMILES string of the molecule is CC(Cn1cnnn1)Oc1cc(-c2ccnc(Nc3cn(C4CCC(N5[C@@H]6CC[C@H]5COC6)CC4)nc3OCc3nccs3)n2)ccc1C#N. The van der Waals surface area contributed by atoms with E-state index in [1.807, 2.05) is 41.4 Å². The van der Waals surface area contributed by atoms with Crippen LogP contribution in [0.25, 0.3) is 11.3 Å². The van der Waals surface area contributed by atoms with Crippen molar-refractivity contribution in [3.63, 3.8) is 0 Å². The maximum Gasteiger partial charge on any atom is 0.257 e. The van der Waals surface area contributed by atoms with E-state index in [0.717, 1.165) is 49.5 Å². The highest BCUT2D eigenvalue weighted by Gasteiger charge is 2.42. The van der Waals surface area contributed by atoms with Crippen LogP contribution in [-0.2, 0) is 17.9 Å². The molecule has 2 aliphatic heterocycles. The third-order valence-corrected chi connectivity index (χ3v) is 10.5. The Labute approximate surface area is 293 Å². The molecule has 0 amide bonds. The molecule has 50 heavy (non-hydrogen) atoms. The zero-order chi connectivity index (χ0) is 33.9. The predicted octanol–water partition coefficient (Wildman–Crippen LogP) is 4.79. The molecule has 1 aliphatic carbocycles. The van der Waals surface area contributed by atoms with Gasteiger partial charge in [-0.2, -0.15) is 5.26 Å². The second-order valence-corrected chi connectivity index (χ2v) is 14.0. The maximum absolute atomic E-state index is 9.75. The minimum absolute atomic E-state index is 0.273. The zero-order valence-electron chi connectivity index (χ0n) is 27.7. The Morgan fingerprint density at radius 3 is 2.62 bits per heavy atom. The smallest absolute Gasteiger partial charge is 0.257 e. The van der Waals surface area contributed by atoms with E-state index >= 15 is 0 Å². The third kappa shape index (κ3) is 7.02. The monoisotopic (exact) mass is 694 g/mol. The maximum atomic E-state index is 9.75. The summed E-state index contributed by atoms with van der Waals surface area (Å²) >= 11 is 1.54. The molecule has 15 nitrogen and oxygen atoms in total. The van der Waals surface area contributed by atoms with Crippen molar-refractivity contribution >= 4 is 23.0 Å². The van der Waals surface area contributed by atoms with E-state index in [1.54, 1.807) is 34.5 Å². The van der Waals surface area contributed by atoms with Crippen LogP contribution in [0.15, 0.2) is 54.6 Å². The van der Waals surface area contributed by atoms with Crippen molar-refractivity contribution in [2.24, 2.45) is 0 Å². The second kappa shape index (κ2) is 14.5. The lowest BCUT2D eigenvalue weighted by atomic mass is 9.89. The highest BCUT2D eigenvalue weighted by Crippen LogP contribution is 2.39. The van der Waals surface area contributed by atoms with Crippen LogP contribution in [0.3, 0.4) is 0 Å². The molecule has 3 fully saturated rings. The molecule has 258 valence electrons. The van der Waals surface area contributed by atoms with E-state index in [1.165, 1.54) is 19.2 Å². The van der Waals surface area contributed by atoms with E-state index in [-0.39, 0.29) is 12.1 Å². The molecule has 2 bridgehead atoms. The van der Waals surface area contributed by atoms with Crippen LogP contribution in [-0.4, -0.2) is 87.3 Å². The van der Waals surface area contributed by atoms with E-state index < -0.39 is 0 Å². The Balaban J connectivity index is 0.993. The van der Waals surface area contributed by atoms with Crippen molar-refractivity contribution in [3.8, 4) is 29.0 Å². The number of benzene rings is 1. The van der Waals surface area contributed by atoms with Gasteiger partial charge in [-0.25, -0.2) is 19.6 Å². The van der Waals surface area contributed by atoms with Crippen LogP contribution in [0.4, 0.5) is 11.6 Å². The lowest BCUT2D eigenvalue weighted by molar-refractivity contribution is -0.0458. The van der Waals surface area contributed by atoms with Crippen molar-refractivity contribution in [3.05, 3.63) is 65.1 Å². The highest BCUT2D eigenvalue weighted by atomic mass is 32.1. The predicted molar refractivity (Wildman–Crippen MR) is 183 cm³/mol. The molecule has 3 atom stereocenters. The van der Waals surface area contributed by atoms with Crippen LogP contribution < -0.4 is 14.8 Å². The molecule has 1 unspecified atom stereocenters. The number of fused-ring (bicyclic) bond motifs is 2. The number of morpholine rings is 1. The summed E-state index contributed by atoms with van der Waals surface area (Å²) in [7, 11) is 0. The van der Waals surface area contributed by atoms with Crippen LogP contribution in [0, 0.1) is 11.3 Å². The molecular formula is C34H38N12O3S. The lowest BCUT2D eigenvalue weighted by Crippen LogP contribution is -2.52. The first-order chi connectivity index (χ1) is 24.6. The zero-order valence-corrected chi connectivity index (χ0v) is 28.5. The summed E-state index contributed by atoms with van der Waals surface area (Å²) in [4.78, 5) is 16.5. The van der Waals surface area contributed by atoms with Crippen LogP contribution >= 0.6 is 11.3 Å². The number of rotatable bonds is 12. The van der Waals surface area contributed by atoms with Gasteiger partial charge in [0.05, 0.1) is 43.3 Å². The first kappa shape index (κ1) is 32.2. The Hall–Kier alpha value is -4.98. The number of aromatic nitrogens is 9. The molecule has 1 saturated carbocycles. The van der Waals surface area contributed by atoms with Crippen molar-refractivity contribution in [1.29, 1.82) is 5.26 Å². The molecule has 0 radical (unpaired) electrons. The summed E-state index contributed by atoms with van der Waals surface area (Å²) in [6.07, 6.45) is 13.6. The van der Waals surface area contributed by atoms with E-state index in [4.69, 9.17) is 24.3 Å². The fourth-order valence-electron chi connectivity index (χ4n) is 7.44. The summed E-state index contributed by atoms with van der Waals surface area (Å²) in [5, 5.41) is 32.1. The van der Waals surface area contributed by atoms with Gasteiger partial charge in [-0.05, 0) is 74.1 Å². The van der Waals surface area contributed by atoms with Gasteiger partial charge in [0.1, 0.15) is 41.6 Å². The van der Waals surface area contributed by atoms with Crippen molar-refractivity contribution in [1.82, 2.24) is 49.8 Å². The van der Waals surface area contributed by atoms with E-state index in [2.05, 4.69) is 41.8 Å². The Kier molecular flexibility index (Phi) is 9.33. The molecule has 5 aromatic rings. The molecule has 8 rings (SSSR count). The summed E-state index contributed by atoms with van der Waals surface area (Å²) in [6, 6.07) is 11.5. The number of anilines is 2. The molecule has 0 spiro atoms. The average molecular weight is 695 g/mol. The fraction of sp³-hybridized carbons (Fsp3) is 0.471. The molecular weight excluding hydrogens is 657 g/mol. The summed E-state index contributed by atoms with van der Waals surface area (Å²) in [6.45, 7) is 4.39. The molecule has 3 aliphatic rings. The number of nitrogens with zero attached hydrogens (tertiary/aromatic N) is 11. The van der Waals surface area contributed by atoms with Gasteiger partial charge in [0.25, 0.3) is 5.88 Å². The normalized spacial score (nSPS) is 22.6. The van der Waals surface area contributed by atoms with Gasteiger partial charge < -0.3 is 19.5 Å². The van der Waals surface area contributed by atoms with Crippen LogP contribution in [0.1, 0.15) is 62.1 Å². The molecule has 2 saturated heterocycles. The Morgan fingerprint density at radius 2 is 1.86 bits per heavy atom. The number of thiazole rings is 1. The fourth-order valence-corrected chi connectivity index (χ4v) is 7.97. The quantitative estimate of drug-likeness (QED) is 0.190. The summed E-state index contributed by atoms with van der Waals surface area (Å²) in [5.41, 5.74) is 2.55. The first-order valence-corrected chi connectivity index (χ1v) is 17.9. The standard InChI is InChI=1S/C34H38N12O3S/c1-22(16-44-21-38-42-43-44)49-31-14-23(2-3-24(31)15-35)29-10-11-37-34(39-29)40-30-17-45(41-33(30)48-20-32-36-12-13-50-32)25-4-6-26(7-5-25)46-27-8-9-28(46)19-47-18-27/h2-3,10-14,17,21-22,25-28H,4-9,16,18-20H2,1H3,(H,37,39,40)/t22?,25?,26?,27-,28+. The van der Waals surface area contributed by atoms with Gasteiger partial charge in [-0.1, -0.05) is 6.07 Å². The number of hydrogen-bond acceptors (Lipinski definition) is 14. The lowest BCUT2D eigenvalue weighted by Gasteiger charge is -2.43. The number of ether oxygens (including phenoxy) is 3. The van der Waals surface area contributed by atoms with Crippen LogP contribution in [0.2, 0.25) is 0 Å². The summed E-state index contributed by atoms with van der Waals surface area (Å²) in [5.74, 6) is 1.33. The molecule has 4 aromatic heterocycles. The van der Waals surface area contributed by atoms with Crippen molar-refractivity contribution in [2.45, 2.75) is 88.9 Å². The molecule has 1 aromatic carbocycles. The number of hydrogen-bond donors (Lipinski definition) is 1.